The molecule has 0 atom stereocenters. The van der Waals surface area contributed by atoms with E-state index < -0.39 is 40.6 Å². The van der Waals surface area contributed by atoms with Gasteiger partial charge in [0, 0.05) is 18.2 Å². The minimum Gasteiger partial charge on any atom is -0.452 e. The van der Waals surface area contributed by atoms with Gasteiger partial charge in [-0.3, -0.25) is 4.79 Å². The molecule has 0 saturated heterocycles. The normalized spacial score (nSPS) is 11.8. The van der Waals surface area contributed by atoms with Gasteiger partial charge in [0.1, 0.15) is 5.75 Å². The molecule has 2 N–H and O–H groups in total. The Bertz CT molecular complexity index is 1050. The molecule has 32 heavy (non-hydrogen) atoms. The number of carbonyl (C=O) groups excluding carboxylic acids is 2. The number of amides is 1. The molecular weight excluding hydrogens is 453 g/mol. The number of rotatable bonds is 9. The second-order valence-electron chi connectivity index (χ2n) is 6.81. The van der Waals surface area contributed by atoms with Crippen molar-refractivity contribution in [3.63, 3.8) is 0 Å². The number of ether oxygens (including phenoxy) is 2. The van der Waals surface area contributed by atoms with Gasteiger partial charge in [0.15, 0.2) is 6.61 Å². The van der Waals surface area contributed by atoms with Crippen molar-refractivity contribution in [3.8, 4) is 5.75 Å². The number of hydrogen-bond donors (Lipinski definition) is 2. The van der Waals surface area contributed by atoms with Gasteiger partial charge in [-0.05, 0) is 44.2 Å². The number of nitrogens with one attached hydrogen (secondary N) is 2. The number of hydrogen-bond acceptors (Lipinski definition) is 6. The first-order chi connectivity index (χ1) is 14.9. The SMILES string of the molecule is CC(C)NS(=O)(=O)c1ccc(C(=O)OCC(=O)NCc2ccccc2OC(F)(F)F)cc1. The van der Waals surface area contributed by atoms with Crippen LogP contribution >= 0.6 is 0 Å². The van der Waals surface area contributed by atoms with Crippen molar-refractivity contribution in [2.45, 2.75) is 37.7 Å². The second-order valence-corrected chi connectivity index (χ2v) is 8.52. The van der Waals surface area contributed by atoms with Crippen LogP contribution in [0, 0.1) is 0 Å². The molecule has 0 aliphatic carbocycles. The standard InChI is InChI=1S/C20H21F3N2O6S/c1-13(2)25-32(28,29)16-9-7-14(8-10-16)19(27)30-12-18(26)24-11-15-5-3-4-6-17(15)31-20(21,22)23/h3-10,13,25H,11-12H2,1-2H3,(H,24,26). The van der Waals surface area contributed by atoms with Crippen LogP contribution in [0.1, 0.15) is 29.8 Å². The summed E-state index contributed by atoms with van der Waals surface area (Å²) in [6.07, 6.45) is -4.88. The fraction of sp³-hybridized carbons (Fsp3) is 0.300. The Labute approximate surface area is 182 Å². The number of esters is 1. The molecule has 2 aromatic carbocycles. The van der Waals surface area contributed by atoms with Gasteiger partial charge in [0.2, 0.25) is 10.0 Å². The van der Waals surface area contributed by atoms with Gasteiger partial charge >= 0.3 is 12.3 Å². The van der Waals surface area contributed by atoms with Crippen LogP contribution in [0.5, 0.6) is 5.75 Å². The van der Waals surface area contributed by atoms with Crippen LogP contribution in [0.25, 0.3) is 0 Å². The van der Waals surface area contributed by atoms with Gasteiger partial charge in [-0.2, -0.15) is 0 Å². The van der Waals surface area contributed by atoms with E-state index in [1.54, 1.807) is 13.8 Å². The Hall–Kier alpha value is -3.12. The van der Waals surface area contributed by atoms with Crippen molar-refractivity contribution in [1.82, 2.24) is 10.0 Å². The van der Waals surface area contributed by atoms with E-state index in [4.69, 9.17) is 4.74 Å². The first-order valence-electron chi connectivity index (χ1n) is 9.27. The average Bonchev–Trinajstić information content (AvgIpc) is 2.69. The van der Waals surface area contributed by atoms with Crippen LogP contribution in [-0.4, -0.2) is 39.3 Å². The van der Waals surface area contributed by atoms with Gasteiger partial charge in [0.25, 0.3) is 5.91 Å². The lowest BCUT2D eigenvalue weighted by atomic mass is 10.2. The largest absolute Gasteiger partial charge is 0.573 e. The third-order valence-electron chi connectivity index (χ3n) is 3.80. The fourth-order valence-electron chi connectivity index (χ4n) is 2.48. The highest BCUT2D eigenvalue weighted by molar-refractivity contribution is 7.89. The third kappa shape index (κ3) is 7.85. The summed E-state index contributed by atoms with van der Waals surface area (Å²) in [6, 6.07) is 9.88. The quantitative estimate of drug-likeness (QED) is 0.541. The van der Waals surface area contributed by atoms with Crippen LogP contribution in [0.15, 0.2) is 53.4 Å². The molecule has 2 aromatic rings. The van der Waals surface area contributed by atoms with Crippen molar-refractivity contribution < 1.29 is 40.7 Å². The van der Waals surface area contributed by atoms with Gasteiger partial charge < -0.3 is 14.8 Å². The summed E-state index contributed by atoms with van der Waals surface area (Å²) in [5.74, 6) is -2.08. The van der Waals surface area contributed by atoms with Crippen molar-refractivity contribution in [1.29, 1.82) is 0 Å². The van der Waals surface area contributed by atoms with E-state index in [2.05, 4.69) is 14.8 Å². The van der Waals surface area contributed by atoms with Crippen molar-refractivity contribution >= 4 is 21.9 Å². The fourth-order valence-corrected chi connectivity index (χ4v) is 3.73. The Morgan fingerprint density at radius 2 is 1.66 bits per heavy atom. The van der Waals surface area contributed by atoms with Crippen LogP contribution in [0.4, 0.5) is 13.2 Å². The first kappa shape index (κ1) is 25.1. The van der Waals surface area contributed by atoms with Crippen molar-refractivity contribution in [3.05, 3.63) is 59.7 Å². The van der Waals surface area contributed by atoms with E-state index in [0.29, 0.717) is 0 Å². The predicted octanol–water partition coefficient (Wildman–Crippen LogP) is 2.75. The van der Waals surface area contributed by atoms with Crippen LogP contribution in [-0.2, 0) is 26.1 Å². The summed E-state index contributed by atoms with van der Waals surface area (Å²) in [4.78, 5) is 23.9. The summed E-state index contributed by atoms with van der Waals surface area (Å²) in [5, 5.41) is 2.33. The van der Waals surface area contributed by atoms with E-state index in [0.717, 1.165) is 6.07 Å². The maximum absolute atomic E-state index is 12.4. The average molecular weight is 474 g/mol. The van der Waals surface area contributed by atoms with Gasteiger partial charge in [-0.25, -0.2) is 17.9 Å². The van der Waals surface area contributed by atoms with E-state index in [-0.39, 0.29) is 28.6 Å². The molecule has 0 unspecified atom stereocenters. The molecule has 0 aliphatic heterocycles. The molecule has 0 aromatic heterocycles. The monoisotopic (exact) mass is 474 g/mol. The van der Waals surface area contributed by atoms with E-state index in [1.165, 1.54) is 42.5 Å². The molecule has 174 valence electrons. The molecular formula is C20H21F3N2O6S. The highest BCUT2D eigenvalue weighted by Crippen LogP contribution is 2.26. The van der Waals surface area contributed by atoms with Gasteiger partial charge in [-0.15, -0.1) is 13.2 Å². The number of sulfonamides is 1. The number of para-hydroxylation sites is 1. The number of halogens is 3. The summed E-state index contributed by atoms with van der Waals surface area (Å²) < 4.78 is 72.6. The molecule has 1 amide bonds. The Balaban J connectivity index is 1.89. The number of benzene rings is 2. The zero-order valence-electron chi connectivity index (χ0n) is 17.1. The van der Waals surface area contributed by atoms with Crippen LogP contribution in [0.2, 0.25) is 0 Å². The predicted molar refractivity (Wildman–Crippen MR) is 107 cm³/mol. The molecule has 0 aliphatic rings. The van der Waals surface area contributed by atoms with Gasteiger partial charge in [0.05, 0.1) is 10.5 Å². The zero-order valence-corrected chi connectivity index (χ0v) is 17.9. The van der Waals surface area contributed by atoms with Crippen LogP contribution < -0.4 is 14.8 Å². The summed E-state index contributed by atoms with van der Waals surface area (Å²) in [5.41, 5.74) is 0.0986. The van der Waals surface area contributed by atoms with E-state index in [1.807, 2.05) is 0 Å². The molecule has 2 rings (SSSR count). The maximum atomic E-state index is 12.4. The molecule has 12 heteroatoms. The van der Waals surface area contributed by atoms with Crippen LogP contribution in [0.3, 0.4) is 0 Å². The maximum Gasteiger partial charge on any atom is 0.573 e. The number of alkyl halides is 3. The molecule has 0 saturated carbocycles. The van der Waals surface area contributed by atoms with E-state index in [9.17, 15) is 31.2 Å². The molecule has 0 radical (unpaired) electrons. The van der Waals surface area contributed by atoms with E-state index >= 15 is 0 Å². The highest BCUT2D eigenvalue weighted by Gasteiger charge is 2.32. The smallest absolute Gasteiger partial charge is 0.452 e. The topological polar surface area (TPSA) is 111 Å². The molecule has 0 spiro atoms. The number of carbonyl (C=O) groups is 2. The third-order valence-corrected chi connectivity index (χ3v) is 5.47. The minimum absolute atomic E-state index is 0.0187. The highest BCUT2D eigenvalue weighted by atomic mass is 32.2. The second kappa shape index (κ2) is 10.5. The van der Waals surface area contributed by atoms with Gasteiger partial charge in [-0.1, -0.05) is 18.2 Å². The Morgan fingerprint density at radius 1 is 1.03 bits per heavy atom. The Morgan fingerprint density at radius 3 is 2.25 bits per heavy atom. The molecule has 0 heterocycles. The summed E-state index contributed by atoms with van der Waals surface area (Å²) in [6.45, 7) is 2.36. The molecule has 0 fully saturated rings. The summed E-state index contributed by atoms with van der Waals surface area (Å²) in [7, 11) is -3.72. The van der Waals surface area contributed by atoms with Crippen molar-refractivity contribution in [2.24, 2.45) is 0 Å². The lowest BCUT2D eigenvalue weighted by Crippen LogP contribution is -2.30. The minimum atomic E-state index is -4.88. The molecule has 8 nitrogen and oxygen atoms in total. The van der Waals surface area contributed by atoms with Crippen molar-refractivity contribution in [2.75, 3.05) is 6.61 Å². The summed E-state index contributed by atoms with van der Waals surface area (Å²) >= 11 is 0. The zero-order chi connectivity index (χ0) is 23.9. The lowest BCUT2D eigenvalue weighted by Gasteiger charge is -2.13. The first-order valence-corrected chi connectivity index (χ1v) is 10.8. The lowest BCUT2D eigenvalue weighted by molar-refractivity contribution is -0.274. The Kier molecular flexibility index (Phi) is 8.22. The molecule has 0 bridgehead atoms.